The second kappa shape index (κ2) is 10.0. The summed E-state index contributed by atoms with van der Waals surface area (Å²) in [5.41, 5.74) is 2.69. The lowest BCUT2D eigenvalue weighted by molar-refractivity contribution is -0.910. The van der Waals surface area contributed by atoms with Gasteiger partial charge in [-0.2, -0.15) is 28.3 Å². The fraction of sp³-hybridized carbons (Fsp3) is 0.292. The summed E-state index contributed by atoms with van der Waals surface area (Å²) < 4.78 is 37.2. The maximum absolute atomic E-state index is 13.4. The van der Waals surface area contributed by atoms with Crippen LogP contribution in [0, 0.1) is 5.92 Å². The summed E-state index contributed by atoms with van der Waals surface area (Å²) in [6, 6.07) is 6.53. The minimum atomic E-state index is -2.84. The summed E-state index contributed by atoms with van der Waals surface area (Å²) in [6.07, 6.45) is 9.95. The summed E-state index contributed by atoms with van der Waals surface area (Å²) in [5, 5.41) is 31.2. The van der Waals surface area contributed by atoms with E-state index in [1.807, 2.05) is 0 Å². The van der Waals surface area contributed by atoms with Gasteiger partial charge in [0.25, 0.3) is 5.69 Å². The molecule has 1 atom stereocenters. The Hall–Kier alpha value is -4.46. The van der Waals surface area contributed by atoms with Gasteiger partial charge in [0.05, 0.1) is 36.2 Å². The van der Waals surface area contributed by atoms with Crippen molar-refractivity contribution in [2.24, 2.45) is 5.92 Å². The van der Waals surface area contributed by atoms with E-state index < -0.39 is 12.6 Å². The highest BCUT2D eigenvalue weighted by molar-refractivity contribution is 6.31. The molecule has 1 N–H and O–H groups in total. The lowest BCUT2D eigenvalue weighted by atomic mass is 10.0. The Morgan fingerprint density at radius 1 is 1.21 bits per heavy atom. The number of ether oxygens (including phenoxy) is 1. The molecule has 4 aromatic heterocycles. The molecule has 1 fully saturated rings. The van der Waals surface area contributed by atoms with Crippen molar-refractivity contribution < 1.29 is 23.5 Å². The first-order valence-corrected chi connectivity index (χ1v) is 12.4. The molecule has 0 spiro atoms. The Bertz CT molecular complexity index is 1620. The molecule has 1 aromatic carbocycles. The van der Waals surface area contributed by atoms with Crippen molar-refractivity contribution in [1.82, 2.24) is 44.8 Å². The van der Waals surface area contributed by atoms with Gasteiger partial charge in [-0.15, -0.1) is 5.10 Å². The molecule has 1 aliphatic rings. The Morgan fingerprint density at radius 3 is 2.77 bits per heavy atom. The highest BCUT2D eigenvalue weighted by Crippen LogP contribution is 2.41. The van der Waals surface area contributed by atoms with Gasteiger partial charge in [0, 0.05) is 21.5 Å². The number of tetrazole rings is 1. The number of benzene rings is 1. The van der Waals surface area contributed by atoms with Crippen LogP contribution < -0.4 is 9.47 Å². The van der Waals surface area contributed by atoms with Crippen molar-refractivity contribution in [3.63, 3.8) is 0 Å². The van der Waals surface area contributed by atoms with E-state index in [1.165, 1.54) is 30.5 Å². The number of rotatable bonds is 9. The lowest BCUT2D eigenvalue weighted by Crippen LogP contribution is -2.38. The highest BCUT2D eigenvalue weighted by Gasteiger charge is 2.35. The standard InChI is InChI=1S/C24H22ClF2N10O2/c1-39-22-8-21(36(38)11-18(22)17-7-16(25)4-5-19(17)35-13-29-32-33-35)20(6-14-2-3-14)34-10-15(9-30-34)23-28-12-31-37(23)24(26)27/h4-5,7-14,20,24,38H,2-3,6H2,1H3/q+1/t20-/m0/s1. The van der Waals surface area contributed by atoms with E-state index in [-0.39, 0.29) is 5.82 Å². The van der Waals surface area contributed by atoms with E-state index in [0.29, 0.717) is 55.9 Å². The van der Waals surface area contributed by atoms with E-state index in [9.17, 15) is 14.0 Å². The first kappa shape index (κ1) is 24.9. The summed E-state index contributed by atoms with van der Waals surface area (Å²) in [5.74, 6) is 0.914. The molecule has 1 aliphatic carbocycles. The zero-order valence-corrected chi connectivity index (χ0v) is 21.3. The number of methoxy groups -OCH3 is 1. The Morgan fingerprint density at radius 2 is 2.05 bits per heavy atom. The van der Waals surface area contributed by atoms with E-state index in [1.54, 1.807) is 35.1 Å². The van der Waals surface area contributed by atoms with Gasteiger partial charge in [-0.1, -0.05) is 24.4 Å². The van der Waals surface area contributed by atoms with Crippen LogP contribution in [0.25, 0.3) is 28.2 Å². The second-order valence-electron chi connectivity index (χ2n) is 9.15. The van der Waals surface area contributed by atoms with Crippen LogP contribution in [0.1, 0.15) is 37.5 Å². The average molecular weight is 556 g/mol. The Balaban J connectivity index is 1.43. The van der Waals surface area contributed by atoms with Gasteiger partial charge in [-0.05, 0) is 41.0 Å². The number of pyridine rings is 1. The molecule has 39 heavy (non-hydrogen) atoms. The summed E-state index contributed by atoms with van der Waals surface area (Å²) >= 11 is 6.32. The molecule has 0 saturated heterocycles. The summed E-state index contributed by atoms with van der Waals surface area (Å²) in [4.78, 5) is 3.97. The van der Waals surface area contributed by atoms with Crippen LogP contribution in [-0.4, -0.2) is 57.1 Å². The smallest absolute Gasteiger partial charge is 0.335 e. The molecule has 6 rings (SSSR count). The largest absolute Gasteiger partial charge is 0.496 e. The molecule has 15 heteroatoms. The second-order valence-corrected chi connectivity index (χ2v) is 9.59. The van der Waals surface area contributed by atoms with Gasteiger partial charge < -0.3 is 4.74 Å². The fourth-order valence-corrected chi connectivity index (χ4v) is 4.78. The van der Waals surface area contributed by atoms with Crippen molar-refractivity contribution in [2.75, 3.05) is 7.11 Å². The number of alkyl halides is 2. The number of halogens is 3. The van der Waals surface area contributed by atoms with Crippen molar-refractivity contribution in [1.29, 1.82) is 0 Å². The molecule has 0 amide bonds. The van der Waals surface area contributed by atoms with Crippen LogP contribution in [0.4, 0.5) is 8.78 Å². The predicted octanol–water partition coefficient (Wildman–Crippen LogP) is 3.76. The predicted molar refractivity (Wildman–Crippen MR) is 132 cm³/mol. The van der Waals surface area contributed by atoms with Gasteiger partial charge in [0.1, 0.15) is 24.4 Å². The molecular weight excluding hydrogens is 534 g/mol. The molecule has 0 bridgehead atoms. The van der Waals surface area contributed by atoms with Gasteiger partial charge in [0.15, 0.2) is 5.82 Å². The maximum atomic E-state index is 13.4. The SMILES string of the molecule is COc1cc([C@H](CC2CC2)n2cc(-c3ncnn3C(F)F)cn2)[n+](O)cc1-c1cc(Cl)ccc1-n1cnnn1. The average Bonchev–Trinajstić information content (AvgIpc) is 3.35. The van der Waals surface area contributed by atoms with Crippen molar-refractivity contribution in [2.45, 2.75) is 31.9 Å². The number of aromatic nitrogens is 10. The zero-order valence-electron chi connectivity index (χ0n) is 20.5. The highest BCUT2D eigenvalue weighted by atomic mass is 35.5. The van der Waals surface area contributed by atoms with Crippen molar-refractivity contribution in [3.05, 3.63) is 66.2 Å². The molecule has 200 valence electrons. The normalized spacial score (nSPS) is 14.2. The van der Waals surface area contributed by atoms with Gasteiger partial charge in [-0.3, -0.25) is 9.89 Å². The fourth-order valence-electron chi connectivity index (χ4n) is 4.61. The molecule has 12 nitrogen and oxygen atoms in total. The number of hydrogen-bond acceptors (Lipinski definition) is 8. The van der Waals surface area contributed by atoms with Crippen LogP contribution in [0.2, 0.25) is 5.02 Å². The zero-order chi connectivity index (χ0) is 27.1. The maximum Gasteiger partial charge on any atom is 0.335 e. The van der Waals surface area contributed by atoms with Crippen molar-refractivity contribution in [3.8, 4) is 34.0 Å². The third kappa shape index (κ3) is 4.78. The molecule has 4 heterocycles. The van der Waals surface area contributed by atoms with E-state index in [0.717, 1.165) is 23.9 Å². The molecule has 0 aliphatic heterocycles. The first-order valence-electron chi connectivity index (χ1n) is 12.0. The quantitative estimate of drug-likeness (QED) is 0.215. The Kier molecular flexibility index (Phi) is 6.38. The van der Waals surface area contributed by atoms with E-state index in [4.69, 9.17) is 16.3 Å². The minimum absolute atomic E-state index is 0.00214. The number of nitrogens with zero attached hydrogens (tertiary/aromatic N) is 10. The monoisotopic (exact) mass is 555 g/mol. The number of hydrogen-bond donors (Lipinski definition) is 1. The van der Waals surface area contributed by atoms with Crippen LogP contribution >= 0.6 is 11.6 Å². The Labute approximate surface area is 225 Å². The van der Waals surface area contributed by atoms with Gasteiger partial charge in [0.2, 0.25) is 6.20 Å². The topological polar surface area (TPSA) is 125 Å². The third-order valence-electron chi connectivity index (χ3n) is 6.66. The van der Waals surface area contributed by atoms with E-state index >= 15 is 0 Å². The van der Waals surface area contributed by atoms with Crippen LogP contribution in [0.5, 0.6) is 5.75 Å². The van der Waals surface area contributed by atoms with Gasteiger partial charge >= 0.3 is 6.55 Å². The van der Waals surface area contributed by atoms with Crippen LogP contribution in [0.3, 0.4) is 0 Å². The van der Waals surface area contributed by atoms with Gasteiger partial charge in [-0.25, -0.2) is 4.98 Å². The van der Waals surface area contributed by atoms with Crippen LogP contribution in [-0.2, 0) is 0 Å². The molecular formula is C24H22ClF2N10O2+. The third-order valence-corrected chi connectivity index (χ3v) is 6.89. The summed E-state index contributed by atoms with van der Waals surface area (Å²) in [7, 11) is 1.53. The van der Waals surface area contributed by atoms with Crippen LogP contribution in [0.15, 0.2) is 55.5 Å². The molecule has 0 radical (unpaired) electrons. The molecule has 1 saturated carbocycles. The molecule has 0 unspecified atom stereocenters. The van der Waals surface area contributed by atoms with Crippen molar-refractivity contribution >= 4 is 11.6 Å². The lowest BCUT2D eigenvalue weighted by Gasteiger charge is -2.17. The minimum Gasteiger partial charge on any atom is -0.496 e. The van der Waals surface area contributed by atoms with E-state index in [2.05, 4.69) is 30.7 Å². The summed E-state index contributed by atoms with van der Waals surface area (Å²) in [6.45, 7) is -2.84. The molecule has 5 aromatic rings. The first-order chi connectivity index (χ1) is 18.9.